The minimum Gasteiger partial charge on any atom is -0.339 e. The van der Waals surface area contributed by atoms with Gasteiger partial charge < -0.3 is 10.2 Å². The Morgan fingerprint density at radius 1 is 1.12 bits per heavy atom. The third-order valence-corrected chi connectivity index (χ3v) is 4.82. The van der Waals surface area contributed by atoms with Crippen LogP contribution in [0.5, 0.6) is 0 Å². The molecule has 2 amide bonds. The van der Waals surface area contributed by atoms with Crippen molar-refractivity contribution in [1.82, 2.24) is 4.90 Å². The summed E-state index contributed by atoms with van der Waals surface area (Å²) in [6.45, 7) is 3.55. The first kappa shape index (κ1) is 17.5. The number of rotatable bonds is 4. The van der Waals surface area contributed by atoms with Gasteiger partial charge in [-0.3, -0.25) is 9.59 Å². The zero-order valence-corrected chi connectivity index (χ0v) is 15.0. The van der Waals surface area contributed by atoms with Gasteiger partial charge >= 0.3 is 0 Å². The fourth-order valence-electron chi connectivity index (χ4n) is 3.05. The fourth-order valence-corrected chi connectivity index (χ4v) is 3.25. The molecule has 0 unspecified atom stereocenters. The molecule has 130 valence electrons. The van der Waals surface area contributed by atoms with E-state index in [2.05, 4.69) is 5.32 Å². The van der Waals surface area contributed by atoms with Crippen molar-refractivity contribution in [3.05, 3.63) is 64.2 Å². The Balaban J connectivity index is 1.67. The molecular weight excluding hydrogens is 336 g/mol. The van der Waals surface area contributed by atoms with Gasteiger partial charge in [0.15, 0.2) is 0 Å². The number of aryl methyl sites for hydroxylation is 1. The lowest BCUT2D eigenvalue weighted by Gasteiger charge is -2.16. The van der Waals surface area contributed by atoms with Gasteiger partial charge in [0.2, 0.25) is 5.91 Å². The van der Waals surface area contributed by atoms with Gasteiger partial charge in [-0.1, -0.05) is 29.8 Å². The molecule has 3 rings (SSSR count). The van der Waals surface area contributed by atoms with Crippen molar-refractivity contribution in [2.24, 2.45) is 0 Å². The van der Waals surface area contributed by atoms with E-state index in [1.54, 1.807) is 18.2 Å². The van der Waals surface area contributed by atoms with Crippen LogP contribution in [-0.2, 0) is 11.2 Å². The molecule has 1 saturated heterocycles. The Morgan fingerprint density at radius 2 is 1.84 bits per heavy atom. The topological polar surface area (TPSA) is 49.4 Å². The highest BCUT2D eigenvalue weighted by atomic mass is 35.5. The highest BCUT2D eigenvalue weighted by Crippen LogP contribution is 2.21. The molecule has 0 aliphatic carbocycles. The number of anilines is 1. The normalized spacial score (nSPS) is 13.8. The number of nitrogens with one attached hydrogen (secondary N) is 1. The van der Waals surface area contributed by atoms with Crippen molar-refractivity contribution >= 4 is 29.1 Å². The monoisotopic (exact) mass is 356 g/mol. The van der Waals surface area contributed by atoms with Gasteiger partial charge in [0.25, 0.3) is 5.91 Å². The molecule has 4 nitrogen and oxygen atoms in total. The van der Waals surface area contributed by atoms with E-state index >= 15 is 0 Å². The molecule has 0 bridgehead atoms. The minimum absolute atomic E-state index is 0.0644. The van der Waals surface area contributed by atoms with Crippen molar-refractivity contribution < 1.29 is 9.59 Å². The number of nitrogens with zero attached hydrogens (tertiary/aromatic N) is 1. The predicted molar refractivity (Wildman–Crippen MR) is 100 cm³/mol. The lowest BCUT2D eigenvalue weighted by atomic mass is 10.1. The molecule has 2 aromatic carbocycles. The number of amides is 2. The molecule has 1 N–H and O–H groups in total. The summed E-state index contributed by atoms with van der Waals surface area (Å²) in [6.07, 6.45) is 2.36. The van der Waals surface area contributed by atoms with Gasteiger partial charge in [0.1, 0.15) is 0 Å². The van der Waals surface area contributed by atoms with Gasteiger partial charge in [-0.05, 0) is 55.2 Å². The smallest absolute Gasteiger partial charge is 0.253 e. The molecule has 1 aliphatic heterocycles. The molecule has 2 aromatic rings. The van der Waals surface area contributed by atoms with E-state index in [0.29, 0.717) is 10.6 Å². The summed E-state index contributed by atoms with van der Waals surface area (Å²) >= 11 is 6.10. The summed E-state index contributed by atoms with van der Waals surface area (Å²) in [5, 5.41) is 3.48. The third kappa shape index (κ3) is 4.20. The molecule has 0 spiro atoms. The van der Waals surface area contributed by atoms with Crippen molar-refractivity contribution in [1.29, 1.82) is 0 Å². The summed E-state index contributed by atoms with van der Waals surface area (Å²) in [5.41, 5.74) is 3.05. The number of hydrogen-bond donors (Lipinski definition) is 1. The van der Waals surface area contributed by atoms with E-state index in [-0.39, 0.29) is 18.2 Å². The molecule has 25 heavy (non-hydrogen) atoms. The predicted octanol–water partition coefficient (Wildman–Crippen LogP) is 4.07. The molecule has 0 radical (unpaired) electrons. The Bertz CT molecular complexity index is 798. The lowest BCUT2D eigenvalue weighted by molar-refractivity contribution is -0.115. The number of halogens is 1. The Kier molecular flexibility index (Phi) is 5.39. The maximum Gasteiger partial charge on any atom is 0.253 e. The summed E-state index contributed by atoms with van der Waals surface area (Å²) in [4.78, 5) is 26.6. The van der Waals surface area contributed by atoms with Crippen molar-refractivity contribution in [2.45, 2.75) is 26.2 Å². The fraction of sp³-hybridized carbons (Fsp3) is 0.300. The van der Waals surface area contributed by atoms with E-state index in [9.17, 15) is 9.59 Å². The van der Waals surface area contributed by atoms with Crippen LogP contribution in [0.25, 0.3) is 0 Å². The number of benzene rings is 2. The van der Waals surface area contributed by atoms with Crippen LogP contribution in [0.4, 0.5) is 5.69 Å². The van der Waals surface area contributed by atoms with Gasteiger partial charge in [0.05, 0.1) is 6.42 Å². The standard InChI is InChI=1S/C20H21ClN2O2/c1-14-12-16(20(25)23-10-4-5-11-23)8-9-18(14)22-19(24)13-15-6-2-3-7-17(15)21/h2-3,6-9,12H,4-5,10-11,13H2,1H3,(H,22,24). The van der Waals surface area contributed by atoms with Crippen LogP contribution >= 0.6 is 11.6 Å². The number of likely N-dealkylation sites (tertiary alicyclic amines) is 1. The maximum atomic E-state index is 12.4. The van der Waals surface area contributed by atoms with E-state index in [1.165, 1.54) is 0 Å². The second-order valence-corrected chi connectivity index (χ2v) is 6.75. The van der Waals surface area contributed by atoms with Crippen LogP contribution in [0.15, 0.2) is 42.5 Å². The summed E-state index contributed by atoms with van der Waals surface area (Å²) < 4.78 is 0. The zero-order valence-electron chi connectivity index (χ0n) is 14.2. The average molecular weight is 357 g/mol. The van der Waals surface area contributed by atoms with Gasteiger partial charge in [-0.2, -0.15) is 0 Å². The molecule has 1 heterocycles. The quantitative estimate of drug-likeness (QED) is 0.897. The average Bonchev–Trinajstić information content (AvgIpc) is 3.12. The highest BCUT2D eigenvalue weighted by Gasteiger charge is 2.20. The van der Waals surface area contributed by atoms with Gasteiger partial charge in [0, 0.05) is 29.4 Å². The van der Waals surface area contributed by atoms with Crippen LogP contribution < -0.4 is 5.32 Å². The van der Waals surface area contributed by atoms with Crippen molar-refractivity contribution in [3.8, 4) is 0 Å². The van der Waals surface area contributed by atoms with Crippen LogP contribution in [-0.4, -0.2) is 29.8 Å². The summed E-state index contributed by atoms with van der Waals surface area (Å²) in [6, 6.07) is 12.7. The Morgan fingerprint density at radius 3 is 2.52 bits per heavy atom. The second kappa shape index (κ2) is 7.70. The van der Waals surface area contributed by atoms with Crippen LogP contribution in [0.3, 0.4) is 0 Å². The lowest BCUT2D eigenvalue weighted by Crippen LogP contribution is -2.27. The van der Waals surface area contributed by atoms with E-state index in [0.717, 1.165) is 42.7 Å². The molecule has 0 aromatic heterocycles. The SMILES string of the molecule is Cc1cc(C(=O)N2CCCC2)ccc1NC(=O)Cc1ccccc1Cl. The van der Waals surface area contributed by atoms with Gasteiger partial charge in [-0.15, -0.1) is 0 Å². The van der Waals surface area contributed by atoms with E-state index < -0.39 is 0 Å². The first-order chi connectivity index (χ1) is 12.0. The van der Waals surface area contributed by atoms with Crippen LogP contribution in [0.1, 0.15) is 34.3 Å². The Hall–Kier alpha value is -2.33. The van der Waals surface area contributed by atoms with E-state index in [4.69, 9.17) is 11.6 Å². The summed E-state index contributed by atoms with van der Waals surface area (Å²) in [7, 11) is 0. The van der Waals surface area contributed by atoms with Gasteiger partial charge in [-0.25, -0.2) is 0 Å². The molecule has 1 aliphatic rings. The largest absolute Gasteiger partial charge is 0.339 e. The first-order valence-corrected chi connectivity index (χ1v) is 8.85. The molecule has 0 saturated carbocycles. The Labute approximate surface area is 152 Å². The minimum atomic E-state index is -0.130. The highest BCUT2D eigenvalue weighted by molar-refractivity contribution is 6.31. The number of carbonyl (C=O) groups excluding carboxylic acids is 2. The second-order valence-electron chi connectivity index (χ2n) is 6.35. The maximum absolute atomic E-state index is 12.4. The van der Waals surface area contributed by atoms with Crippen molar-refractivity contribution in [3.63, 3.8) is 0 Å². The molecule has 1 fully saturated rings. The summed E-state index contributed by atoms with van der Waals surface area (Å²) in [5.74, 6) is -0.0654. The van der Waals surface area contributed by atoms with E-state index in [1.807, 2.05) is 36.1 Å². The van der Waals surface area contributed by atoms with Crippen LogP contribution in [0, 0.1) is 6.92 Å². The molecular formula is C20H21ClN2O2. The first-order valence-electron chi connectivity index (χ1n) is 8.48. The molecule has 5 heteroatoms. The zero-order chi connectivity index (χ0) is 17.8. The van der Waals surface area contributed by atoms with Crippen LogP contribution in [0.2, 0.25) is 5.02 Å². The third-order valence-electron chi connectivity index (χ3n) is 4.45. The number of carbonyl (C=O) groups is 2. The number of hydrogen-bond acceptors (Lipinski definition) is 2. The molecule has 0 atom stereocenters. The van der Waals surface area contributed by atoms with Crippen molar-refractivity contribution in [2.75, 3.05) is 18.4 Å².